The fraction of sp³-hybridized carbons (Fsp3) is 0.500. The number of alkyl halides is 3. The summed E-state index contributed by atoms with van der Waals surface area (Å²) < 4.78 is 38.1. The van der Waals surface area contributed by atoms with Crippen LogP contribution >= 0.6 is 0 Å². The molecule has 0 saturated carbocycles. The lowest BCUT2D eigenvalue weighted by molar-refractivity contribution is -0.137. The number of nitrogens with two attached hydrogens (primary N) is 1. The first-order valence-electron chi connectivity index (χ1n) is 6.75. The molecule has 1 aliphatic heterocycles. The van der Waals surface area contributed by atoms with Gasteiger partial charge in [0, 0.05) is 31.9 Å². The highest BCUT2D eigenvalue weighted by molar-refractivity contribution is 5.81. The molecule has 2 rings (SSSR count). The van der Waals surface area contributed by atoms with Crippen molar-refractivity contribution in [3.8, 4) is 0 Å². The van der Waals surface area contributed by atoms with Crippen LogP contribution in [0.3, 0.4) is 0 Å². The van der Waals surface area contributed by atoms with Crippen LogP contribution in [-0.4, -0.2) is 43.0 Å². The Morgan fingerprint density at radius 1 is 1.24 bits per heavy atom. The molecule has 1 aliphatic rings. The van der Waals surface area contributed by atoms with Gasteiger partial charge in [-0.15, -0.1) is 0 Å². The SMILES string of the molecule is C[C@@H](N)C(=O)N1CCN(c2cccc(C(F)(F)F)c2)CC1. The van der Waals surface area contributed by atoms with Crippen molar-refractivity contribution in [1.82, 2.24) is 4.90 Å². The second-order valence-corrected chi connectivity index (χ2v) is 5.15. The smallest absolute Gasteiger partial charge is 0.368 e. The maximum atomic E-state index is 12.7. The standard InChI is InChI=1S/C14H18F3N3O/c1-10(18)13(21)20-7-5-19(6-8-20)12-4-2-3-11(9-12)14(15,16)17/h2-4,9-10H,5-8,18H2,1H3/t10-/m1/s1. The minimum Gasteiger partial charge on any atom is -0.368 e. The van der Waals surface area contributed by atoms with Crippen LogP contribution < -0.4 is 10.6 Å². The van der Waals surface area contributed by atoms with Crippen molar-refractivity contribution in [2.24, 2.45) is 5.73 Å². The molecular formula is C14H18F3N3O. The van der Waals surface area contributed by atoms with Crippen molar-refractivity contribution in [2.45, 2.75) is 19.1 Å². The third-order valence-electron chi connectivity index (χ3n) is 3.52. The van der Waals surface area contributed by atoms with E-state index in [-0.39, 0.29) is 5.91 Å². The zero-order valence-electron chi connectivity index (χ0n) is 11.7. The number of benzene rings is 1. The molecule has 0 aromatic heterocycles. The summed E-state index contributed by atoms with van der Waals surface area (Å²) in [5.74, 6) is -0.126. The third-order valence-corrected chi connectivity index (χ3v) is 3.52. The minimum absolute atomic E-state index is 0.126. The highest BCUT2D eigenvalue weighted by atomic mass is 19.4. The van der Waals surface area contributed by atoms with Gasteiger partial charge in [-0.05, 0) is 25.1 Å². The maximum Gasteiger partial charge on any atom is 0.416 e. The Labute approximate surface area is 121 Å². The number of rotatable bonds is 2. The fourth-order valence-electron chi connectivity index (χ4n) is 2.35. The Bertz CT molecular complexity index is 508. The molecule has 0 aliphatic carbocycles. The first-order chi connectivity index (χ1) is 9.79. The molecule has 116 valence electrons. The van der Waals surface area contributed by atoms with E-state index in [4.69, 9.17) is 5.73 Å². The van der Waals surface area contributed by atoms with Gasteiger partial charge in [0.25, 0.3) is 0 Å². The van der Waals surface area contributed by atoms with E-state index in [1.807, 2.05) is 4.90 Å². The summed E-state index contributed by atoms with van der Waals surface area (Å²) >= 11 is 0. The van der Waals surface area contributed by atoms with Gasteiger partial charge in [-0.1, -0.05) is 6.07 Å². The van der Waals surface area contributed by atoms with Crippen LogP contribution in [0.25, 0.3) is 0 Å². The molecule has 0 spiro atoms. The van der Waals surface area contributed by atoms with Gasteiger partial charge in [-0.3, -0.25) is 4.79 Å². The van der Waals surface area contributed by atoms with Gasteiger partial charge in [0.1, 0.15) is 0 Å². The quantitative estimate of drug-likeness (QED) is 0.904. The highest BCUT2D eigenvalue weighted by Gasteiger charge is 2.31. The van der Waals surface area contributed by atoms with Crippen LogP contribution in [0.15, 0.2) is 24.3 Å². The second-order valence-electron chi connectivity index (χ2n) is 5.15. The summed E-state index contributed by atoms with van der Waals surface area (Å²) in [6.45, 7) is 3.56. The molecule has 0 unspecified atom stereocenters. The van der Waals surface area contributed by atoms with Crippen molar-refractivity contribution in [3.05, 3.63) is 29.8 Å². The van der Waals surface area contributed by atoms with Gasteiger partial charge in [0.2, 0.25) is 5.91 Å². The van der Waals surface area contributed by atoms with Crippen molar-refractivity contribution >= 4 is 11.6 Å². The Morgan fingerprint density at radius 2 is 1.86 bits per heavy atom. The number of hydrogen-bond acceptors (Lipinski definition) is 3. The average Bonchev–Trinajstić information content (AvgIpc) is 2.46. The zero-order valence-corrected chi connectivity index (χ0v) is 11.7. The largest absolute Gasteiger partial charge is 0.416 e. The molecule has 1 fully saturated rings. The van der Waals surface area contributed by atoms with E-state index in [1.165, 1.54) is 6.07 Å². The average molecular weight is 301 g/mol. The molecule has 1 atom stereocenters. The topological polar surface area (TPSA) is 49.6 Å². The van der Waals surface area contributed by atoms with Crippen LogP contribution in [0, 0.1) is 0 Å². The Morgan fingerprint density at radius 3 is 2.38 bits per heavy atom. The lowest BCUT2D eigenvalue weighted by atomic mass is 10.1. The summed E-state index contributed by atoms with van der Waals surface area (Å²) in [6, 6.07) is 4.70. The van der Waals surface area contributed by atoms with Gasteiger partial charge in [-0.25, -0.2) is 0 Å². The number of amides is 1. The van der Waals surface area contributed by atoms with E-state index in [0.717, 1.165) is 12.1 Å². The molecule has 0 bridgehead atoms. The zero-order chi connectivity index (χ0) is 15.6. The Kier molecular flexibility index (Phi) is 4.41. The predicted octanol–water partition coefficient (Wildman–Crippen LogP) is 1.70. The fourth-order valence-corrected chi connectivity index (χ4v) is 2.35. The summed E-state index contributed by atoms with van der Waals surface area (Å²) in [5, 5.41) is 0. The summed E-state index contributed by atoms with van der Waals surface area (Å²) in [4.78, 5) is 15.3. The van der Waals surface area contributed by atoms with E-state index in [1.54, 1.807) is 17.9 Å². The van der Waals surface area contributed by atoms with Crippen LogP contribution in [0.4, 0.5) is 18.9 Å². The molecule has 4 nitrogen and oxygen atoms in total. The number of piperazine rings is 1. The van der Waals surface area contributed by atoms with Crippen LogP contribution in [-0.2, 0) is 11.0 Å². The second kappa shape index (κ2) is 5.93. The molecule has 1 aromatic rings. The molecule has 0 radical (unpaired) electrons. The molecule has 21 heavy (non-hydrogen) atoms. The first-order valence-corrected chi connectivity index (χ1v) is 6.75. The Balaban J connectivity index is 2.04. The summed E-state index contributed by atoms with van der Waals surface area (Å²) in [6.07, 6.45) is -4.34. The highest BCUT2D eigenvalue weighted by Crippen LogP contribution is 2.31. The van der Waals surface area contributed by atoms with Crippen LogP contribution in [0.5, 0.6) is 0 Å². The summed E-state index contributed by atoms with van der Waals surface area (Å²) in [5.41, 5.74) is 5.42. The van der Waals surface area contributed by atoms with Gasteiger partial charge < -0.3 is 15.5 Å². The number of carbonyl (C=O) groups excluding carboxylic acids is 1. The van der Waals surface area contributed by atoms with E-state index in [2.05, 4.69) is 0 Å². The first kappa shape index (κ1) is 15.6. The monoisotopic (exact) mass is 301 g/mol. The lowest BCUT2D eigenvalue weighted by Gasteiger charge is -2.37. The molecule has 1 aromatic carbocycles. The van der Waals surface area contributed by atoms with Crippen molar-refractivity contribution < 1.29 is 18.0 Å². The number of anilines is 1. The molecule has 7 heteroatoms. The molecule has 1 amide bonds. The van der Waals surface area contributed by atoms with E-state index >= 15 is 0 Å². The molecule has 1 saturated heterocycles. The normalized spacial score (nSPS) is 17.8. The number of nitrogens with zero attached hydrogens (tertiary/aromatic N) is 2. The number of carbonyl (C=O) groups is 1. The Hall–Kier alpha value is -1.76. The molecular weight excluding hydrogens is 283 g/mol. The van der Waals surface area contributed by atoms with Crippen molar-refractivity contribution in [3.63, 3.8) is 0 Å². The van der Waals surface area contributed by atoms with Crippen molar-refractivity contribution in [1.29, 1.82) is 0 Å². The summed E-state index contributed by atoms with van der Waals surface area (Å²) in [7, 11) is 0. The van der Waals surface area contributed by atoms with Crippen LogP contribution in [0.1, 0.15) is 12.5 Å². The molecule has 2 N–H and O–H groups in total. The minimum atomic E-state index is -4.34. The van der Waals surface area contributed by atoms with Crippen LogP contribution in [0.2, 0.25) is 0 Å². The van der Waals surface area contributed by atoms with Gasteiger partial charge in [0.15, 0.2) is 0 Å². The van der Waals surface area contributed by atoms with E-state index in [0.29, 0.717) is 31.9 Å². The van der Waals surface area contributed by atoms with Gasteiger partial charge in [0.05, 0.1) is 11.6 Å². The molecule has 1 heterocycles. The predicted molar refractivity (Wildman–Crippen MR) is 73.9 cm³/mol. The maximum absolute atomic E-state index is 12.7. The lowest BCUT2D eigenvalue weighted by Crippen LogP contribution is -2.52. The van der Waals surface area contributed by atoms with Crippen molar-refractivity contribution in [2.75, 3.05) is 31.1 Å². The number of hydrogen-bond donors (Lipinski definition) is 1. The van der Waals surface area contributed by atoms with Gasteiger partial charge >= 0.3 is 6.18 Å². The number of halogens is 3. The van der Waals surface area contributed by atoms with E-state index < -0.39 is 17.8 Å². The van der Waals surface area contributed by atoms with Gasteiger partial charge in [-0.2, -0.15) is 13.2 Å². The third kappa shape index (κ3) is 3.66. The van der Waals surface area contributed by atoms with E-state index in [9.17, 15) is 18.0 Å².